The van der Waals surface area contributed by atoms with Crippen LogP contribution >= 0.6 is 0 Å². The Morgan fingerprint density at radius 3 is 2.56 bits per heavy atom. The number of benzene rings is 2. The number of carbonyl (C=O) groups excluding carboxylic acids is 2. The minimum Gasteiger partial charge on any atom is -0.508 e. The van der Waals surface area contributed by atoms with Crippen LogP contribution < -0.4 is 4.74 Å². The lowest BCUT2D eigenvalue weighted by Gasteiger charge is -2.38. The Balaban J connectivity index is 2.14. The van der Waals surface area contributed by atoms with Crippen molar-refractivity contribution in [2.45, 2.75) is 18.8 Å². The lowest BCUT2D eigenvalue weighted by atomic mass is 9.90. The van der Waals surface area contributed by atoms with E-state index in [4.69, 9.17) is 9.47 Å². The average Bonchev–Trinajstić information content (AvgIpc) is 2.59. The molecule has 0 bridgehead atoms. The maximum atomic E-state index is 12.9. The summed E-state index contributed by atoms with van der Waals surface area (Å²) in [5.41, 5.74) is 0.394. The van der Waals surface area contributed by atoms with E-state index in [1.54, 1.807) is 30.3 Å². The van der Waals surface area contributed by atoms with Crippen LogP contribution in [0.3, 0.4) is 0 Å². The maximum absolute atomic E-state index is 12.9. The zero-order chi connectivity index (χ0) is 18.2. The minimum absolute atomic E-state index is 0.0229. The van der Waals surface area contributed by atoms with Crippen molar-refractivity contribution in [1.82, 2.24) is 0 Å². The van der Waals surface area contributed by atoms with Crippen LogP contribution in [-0.4, -0.2) is 27.8 Å². The van der Waals surface area contributed by atoms with Gasteiger partial charge in [-0.15, -0.1) is 0 Å². The van der Waals surface area contributed by atoms with Crippen molar-refractivity contribution >= 4 is 11.8 Å². The SMILES string of the molecule is C=C(C)C(=O)OC1(O)C(=O)c2cc(O)ccc2OC1c1ccccc1. The summed E-state index contributed by atoms with van der Waals surface area (Å²) >= 11 is 0. The number of phenolic OH excluding ortho intramolecular Hbond substituents is 1. The number of fused-ring (bicyclic) bond motifs is 1. The minimum atomic E-state index is -2.59. The summed E-state index contributed by atoms with van der Waals surface area (Å²) in [5.74, 6) is -4.40. The van der Waals surface area contributed by atoms with E-state index >= 15 is 0 Å². The fraction of sp³-hybridized carbons (Fsp3) is 0.158. The molecule has 0 spiro atoms. The first-order chi connectivity index (χ1) is 11.8. The fourth-order valence-corrected chi connectivity index (χ4v) is 2.57. The fourth-order valence-electron chi connectivity index (χ4n) is 2.57. The summed E-state index contributed by atoms with van der Waals surface area (Å²) in [6, 6.07) is 12.4. The van der Waals surface area contributed by atoms with Gasteiger partial charge in [0.15, 0.2) is 6.10 Å². The summed E-state index contributed by atoms with van der Waals surface area (Å²) in [6.07, 6.45) is -1.26. The molecule has 2 unspecified atom stereocenters. The van der Waals surface area contributed by atoms with E-state index in [9.17, 15) is 19.8 Å². The van der Waals surface area contributed by atoms with Gasteiger partial charge in [-0.3, -0.25) is 4.79 Å². The molecule has 1 heterocycles. The number of esters is 1. The first-order valence-corrected chi connectivity index (χ1v) is 7.53. The molecular formula is C19H16O6. The molecule has 0 aromatic heterocycles. The number of hydrogen-bond acceptors (Lipinski definition) is 6. The molecule has 2 N–H and O–H groups in total. The molecule has 25 heavy (non-hydrogen) atoms. The number of carbonyl (C=O) groups is 2. The lowest BCUT2D eigenvalue weighted by Crippen LogP contribution is -2.53. The van der Waals surface area contributed by atoms with E-state index in [0.717, 1.165) is 6.07 Å². The number of aromatic hydroxyl groups is 1. The molecule has 6 nitrogen and oxygen atoms in total. The molecule has 1 aliphatic heterocycles. The molecule has 0 radical (unpaired) electrons. The van der Waals surface area contributed by atoms with Gasteiger partial charge in [0.05, 0.1) is 5.56 Å². The third-order valence-electron chi connectivity index (χ3n) is 3.83. The highest BCUT2D eigenvalue weighted by molar-refractivity contribution is 6.06. The Kier molecular flexibility index (Phi) is 4.06. The molecule has 3 rings (SSSR count). The number of rotatable bonds is 3. The monoisotopic (exact) mass is 340 g/mol. The van der Waals surface area contributed by atoms with Gasteiger partial charge in [0.25, 0.3) is 0 Å². The van der Waals surface area contributed by atoms with E-state index in [1.165, 1.54) is 19.1 Å². The molecular weight excluding hydrogens is 324 g/mol. The quantitative estimate of drug-likeness (QED) is 0.507. The van der Waals surface area contributed by atoms with Gasteiger partial charge >= 0.3 is 11.8 Å². The van der Waals surface area contributed by atoms with Crippen LogP contribution in [0.25, 0.3) is 0 Å². The van der Waals surface area contributed by atoms with Gasteiger partial charge in [0.1, 0.15) is 11.5 Å². The number of ether oxygens (including phenoxy) is 2. The largest absolute Gasteiger partial charge is 0.508 e. The normalized spacial score (nSPS) is 21.8. The maximum Gasteiger partial charge on any atom is 0.336 e. The Morgan fingerprint density at radius 1 is 1.24 bits per heavy atom. The highest BCUT2D eigenvalue weighted by Crippen LogP contribution is 2.43. The molecule has 2 aromatic rings. The summed E-state index contributed by atoms with van der Waals surface area (Å²) in [7, 11) is 0. The molecule has 0 saturated heterocycles. The molecule has 0 saturated carbocycles. The van der Waals surface area contributed by atoms with Crippen LogP contribution in [0, 0.1) is 0 Å². The molecule has 2 atom stereocenters. The number of ketones is 1. The van der Waals surface area contributed by atoms with E-state index in [-0.39, 0.29) is 22.6 Å². The lowest BCUT2D eigenvalue weighted by molar-refractivity contribution is -0.217. The molecule has 128 valence electrons. The Labute approximate surface area is 143 Å². The standard InChI is InChI=1S/C19H16O6/c1-11(2)18(22)25-19(23)16(21)14-10-13(20)8-9-15(14)24-17(19)12-6-4-3-5-7-12/h3-10,17,20,23H,1H2,2H3. The zero-order valence-electron chi connectivity index (χ0n) is 13.4. The second kappa shape index (κ2) is 6.07. The number of hydrogen-bond donors (Lipinski definition) is 2. The predicted molar refractivity (Wildman–Crippen MR) is 88.1 cm³/mol. The van der Waals surface area contributed by atoms with E-state index < -0.39 is 23.6 Å². The van der Waals surface area contributed by atoms with Gasteiger partial charge in [-0.25, -0.2) is 4.79 Å². The van der Waals surface area contributed by atoms with Gasteiger partial charge in [0.2, 0.25) is 5.78 Å². The molecule has 1 aliphatic rings. The topological polar surface area (TPSA) is 93.1 Å². The highest BCUT2D eigenvalue weighted by atomic mass is 16.7. The van der Waals surface area contributed by atoms with Crippen LogP contribution in [0.15, 0.2) is 60.7 Å². The van der Waals surface area contributed by atoms with Crippen LogP contribution in [0.1, 0.15) is 28.9 Å². The second-order valence-corrected chi connectivity index (χ2v) is 5.78. The highest BCUT2D eigenvalue weighted by Gasteiger charge is 2.55. The van der Waals surface area contributed by atoms with Crippen LogP contribution in [0.5, 0.6) is 11.5 Å². The molecule has 6 heteroatoms. The summed E-state index contributed by atoms with van der Waals surface area (Å²) < 4.78 is 10.8. The van der Waals surface area contributed by atoms with E-state index in [1.807, 2.05) is 0 Å². The zero-order valence-corrected chi connectivity index (χ0v) is 13.4. The number of aliphatic hydroxyl groups is 1. The Morgan fingerprint density at radius 2 is 1.92 bits per heavy atom. The summed E-state index contributed by atoms with van der Waals surface area (Å²) in [6.45, 7) is 4.86. The number of phenols is 1. The van der Waals surface area contributed by atoms with Gasteiger partial charge < -0.3 is 19.7 Å². The van der Waals surface area contributed by atoms with E-state index in [0.29, 0.717) is 5.56 Å². The van der Waals surface area contributed by atoms with Crippen molar-refractivity contribution in [2.75, 3.05) is 0 Å². The molecule has 0 amide bonds. The predicted octanol–water partition coefficient (Wildman–Crippen LogP) is 2.52. The van der Waals surface area contributed by atoms with Crippen molar-refractivity contribution in [2.24, 2.45) is 0 Å². The van der Waals surface area contributed by atoms with E-state index in [2.05, 4.69) is 6.58 Å². The van der Waals surface area contributed by atoms with Crippen molar-refractivity contribution in [3.8, 4) is 11.5 Å². The first-order valence-electron chi connectivity index (χ1n) is 7.53. The molecule has 0 fully saturated rings. The van der Waals surface area contributed by atoms with Crippen molar-refractivity contribution < 1.29 is 29.3 Å². The van der Waals surface area contributed by atoms with Gasteiger partial charge in [0, 0.05) is 5.57 Å². The summed E-state index contributed by atoms with van der Waals surface area (Å²) in [5, 5.41) is 20.6. The Hall–Kier alpha value is -3.12. The van der Waals surface area contributed by atoms with Crippen LogP contribution in [0.4, 0.5) is 0 Å². The first kappa shape index (κ1) is 16.7. The third-order valence-corrected chi connectivity index (χ3v) is 3.83. The van der Waals surface area contributed by atoms with Crippen molar-refractivity contribution in [3.05, 3.63) is 71.8 Å². The van der Waals surface area contributed by atoms with Gasteiger partial charge in [-0.2, -0.15) is 0 Å². The summed E-state index contributed by atoms with van der Waals surface area (Å²) in [4.78, 5) is 24.9. The van der Waals surface area contributed by atoms with Crippen LogP contribution in [-0.2, 0) is 9.53 Å². The van der Waals surface area contributed by atoms with Gasteiger partial charge in [-0.05, 0) is 30.7 Å². The van der Waals surface area contributed by atoms with Crippen molar-refractivity contribution in [3.63, 3.8) is 0 Å². The van der Waals surface area contributed by atoms with Gasteiger partial charge in [-0.1, -0.05) is 36.9 Å². The number of Topliss-reactive ketones (excluding diaryl/α,β-unsaturated/α-hetero) is 1. The smallest absolute Gasteiger partial charge is 0.336 e. The van der Waals surface area contributed by atoms with Crippen molar-refractivity contribution in [1.29, 1.82) is 0 Å². The molecule has 0 aliphatic carbocycles. The molecule has 2 aromatic carbocycles. The second-order valence-electron chi connectivity index (χ2n) is 5.78. The van der Waals surface area contributed by atoms with Crippen LogP contribution in [0.2, 0.25) is 0 Å². The average molecular weight is 340 g/mol. The third kappa shape index (κ3) is 2.88. The Bertz CT molecular complexity index is 857.